The second-order valence-electron chi connectivity index (χ2n) is 21.3. The fourth-order valence-electron chi connectivity index (χ4n) is 15.4. The maximum absolute atomic E-state index is 3.41. The van der Waals surface area contributed by atoms with Crippen molar-refractivity contribution >= 4 is 0 Å². The van der Waals surface area contributed by atoms with Crippen molar-refractivity contribution in [3.63, 3.8) is 0 Å². The lowest BCUT2D eigenvalue weighted by molar-refractivity contribution is -0.0414. The number of hydrogen-bond donors (Lipinski definition) is 0. The van der Waals surface area contributed by atoms with Crippen LogP contribution in [0.15, 0.2) is 11.1 Å². The van der Waals surface area contributed by atoms with Crippen LogP contribution in [0, 0.1) is 59.2 Å². The number of fused-ring (bicyclic) bond motifs is 1. The Hall–Kier alpha value is -0.300. The maximum Gasteiger partial charge on any atom is 0.0132 e. The molecule has 0 saturated heterocycles. The van der Waals surface area contributed by atoms with Crippen LogP contribution in [0.2, 0.25) is 0 Å². The minimum atomic E-state index is 0.894. The Bertz CT molecular complexity index is 1060. The predicted molar refractivity (Wildman–Crippen MR) is 219 cm³/mol. The van der Waals surface area contributed by atoms with Crippen LogP contribution in [0.4, 0.5) is 0 Å². The van der Waals surface area contributed by atoms with Crippen molar-refractivity contribution < 1.29 is 0 Å². The van der Waals surface area contributed by atoms with Crippen LogP contribution in [0.25, 0.3) is 0 Å². The molecule has 0 bridgehead atoms. The molecular weight excluding hydrogens is 615 g/mol. The van der Waals surface area contributed by atoms with Crippen LogP contribution in [-0.2, 0) is 0 Å². The third-order valence-corrected chi connectivity index (χ3v) is 18.2. The molecule has 8 aliphatic rings. The smallest absolute Gasteiger partial charge is 0.0132 e. The van der Waals surface area contributed by atoms with Gasteiger partial charge in [0.25, 0.3) is 0 Å². The highest BCUT2D eigenvalue weighted by Crippen LogP contribution is 2.52. The van der Waals surface area contributed by atoms with Crippen molar-refractivity contribution in [3.8, 4) is 0 Å². The third-order valence-electron chi connectivity index (χ3n) is 18.2. The van der Waals surface area contributed by atoms with Gasteiger partial charge in [0.05, 0.1) is 0 Å². The molecule has 0 aliphatic heterocycles. The van der Waals surface area contributed by atoms with Gasteiger partial charge in [-0.15, -0.1) is 0 Å². The van der Waals surface area contributed by atoms with Gasteiger partial charge in [-0.3, -0.25) is 4.90 Å². The molecule has 0 aromatic rings. The van der Waals surface area contributed by atoms with Gasteiger partial charge in [0.1, 0.15) is 0 Å². The summed E-state index contributed by atoms with van der Waals surface area (Å²) < 4.78 is 0. The zero-order valence-corrected chi connectivity index (χ0v) is 34.3. The number of rotatable bonds is 8. The normalized spacial score (nSPS) is 43.0. The second kappa shape index (κ2) is 18.1. The molecule has 8 saturated carbocycles. The molecule has 1 nitrogen and oxygen atoms in total. The SMILES string of the molecule is CC1CCC(/C(=C(\C2CCCCC2)C2CCC(N(C3CCC(C4CCC(C)CC4)CC3)C3CCCC4CCCCC43)CC2)C2CCCCC2)CC1. The number of hydrogen-bond acceptors (Lipinski definition) is 1. The number of allylic oxidation sites excluding steroid dienone is 2. The molecule has 290 valence electrons. The zero-order valence-electron chi connectivity index (χ0n) is 34.3. The van der Waals surface area contributed by atoms with E-state index >= 15 is 0 Å². The Balaban J connectivity index is 1.03. The Labute approximate surface area is 318 Å². The molecule has 1 heteroatoms. The summed E-state index contributed by atoms with van der Waals surface area (Å²) in [6.07, 6.45) is 50.7. The Morgan fingerprint density at radius 3 is 1.25 bits per heavy atom. The molecular formula is C50H85N. The monoisotopic (exact) mass is 700 g/mol. The largest absolute Gasteiger partial charge is 0.294 e. The van der Waals surface area contributed by atoms with Gasteiger partial charge in [0.2, 0.25) is 0 Å². The first-order chi connectivity index (χ1) is 25.1. The standard InChI is InChI=1S/C50H85N/c1-36-20-24-38(25-21-36)39-28-32-45(33-29-39)51(48-19-11-17-40-12-9-10-18-47(40)48)46-34-30-44(31-35-46)50(42-15-7-4-8-16-42)49(41-13-5-3-6-14-41)43-26-22-37(2)23-27-43/h36-48H,3-35H2,1-2H3/b50-49+. The highest BCUT2D eigenvalue weighted by molar-refractivity contribution is 5.27. The van der Waals surface area contributed by atoms with E-state index in [1.807, 2.05) is 0 Å². The van der Waals surface area contributed by atoms with Gasteiger partial charge in [-0.1, -0.05) is 121 Å². The first-order valence-corrected chi connectivity index (χ1v) is 24.6. The summed E-state index contributed by atoms with van der Waals surface area (Å²) in [6.45, 7) is 5.07. The van der Waals surface area contributed by atoms with Crippen molar-refractivity contribution in [1.82, 2.24) is 4.90 Å². The first kappa shape index (κ1) is 37.6. The van der Waals surface area contributed by atoms with E-state index in [1.54, 1.807) is 77.0 Å². The summed E-state index contributed by atoms with van der Waals surface area (Å²) >= 11 is 0. The van der Waals surface area contributed by atoms with Crippen molar-refractivity contribution in [1.29, 1.82) is 0 Å². The minimum Gasteiger partial charge on any atom is -0.294 e. The van der Waals surface area contributed by atoms with Gasteiger partial charge in [-0.05, 0) is 175 Å². The molecule has 51 heavy (non-hydrogen) atoms. The lowest BCUT2D eigenvalue weighted by Crippen LogP contribution is -2.56. The Kier molecular flexibility index (Phi) is 13.3. The van der Waals surface area contributed by atoms with E-state index in [9.17, 15) is 0 Å². The van der Waals surface area contributed by atoms with E-state index in [4.69, 9.17) is 0 Å². The second-order valence-corrected chi connectivity index (χ2v) is 21.3. The average Bonchev–Trinajstić information content (AvgIpc) is 3.19. The quantitative estimate of drug-likeness (QED) is 0.228. The molecule has 0 aromatic carbocycles. The van der Waals surface area contributed by atoms with Gasteiger partial charge >= 0.3 is 0 Å². The van der Waals surface area contributed by atoms with Crippen LogP contribution >= 0.6 is 0 Å². The molecule has 0 aromatic heterocycles. The summed E-state index contributed by atoms with van der Waals surface area (Å²) in [4.78, 5) is 3.41. The van der Waals surface area contributed by atoms with Gasteiger partial charge in [-0.25, -0.2) is 0 Å². The molecule has 3 unspecified atom stereocenters. The summed E-state index contributed by atoms with van der Waals surface area (Å²) in [5.74, 6) is 9.98. The van der Waals surface area contributed by atoms with Gasteiger partial charge < -0.3 is 0 Å². The summed E-state index contributed by atoms with van der Waals surface area (Å²) in [5.41, 5.74) is 4.32. The van der Waals surface area contributed by atoms with Gasteiger partial charge in [-0.2, -0.15) is 0 Å². The van der Waals surface area contributed by atoms with Crippen LogP contribution in [0.5, 0.6) is 0 Å². The Morgan fingerprint density at radius 1 is 0.314 bits per heavy atom. The van der Waals surface area contributed by atoms with Crippen LogP contribution in [-0.4, -0.2) is 23.0 Å². The molecule has 8 rings (SSSR count). The maximum atomic E-state index is 3.41. The van der Waals surface area contributed by atoms with E-state index in [0.29, 0.717) is 0 Å². The van der Waals surface area contributed by atoms with Gasteiger partial charge in [0, 0.05) is 18.1 Å². The van der Waals surface area contributed by atoms with Crippen molar-refractivity contribution in [3.05, 3.63) is 11.1 Å². The van der Waals surface area contributed by atoms with E-state index < -0.39 is 0 Å². The molecule has 0 N–H and O–H groups in total. The minimum absolute atomic E-state index is 0.894. The summed E-state index contributed by atoms with van der Waals surface area (Å²) in [5, 5.41) is 0. The summed E-state index contributed by atoms with van der Waals surface area (Å²) in [7, 11) is 0. The van der Waals surface area contributed by atoms with Crippen LogP contribution in [0.3, 0.4) is 0 Å². The molecule has 0 amide bonds. The van der Waals surface area contributed by atoms with Crippen molar-refractivity contribution in [2.45, 2.75) is 244 Å². The third kappa shape index (κ3) is 8.90. The highest BCUT2D eigenvalue weighted by Gasteiger charge is 2.45. The average molecular weight is 700 g/mol. The van der Waals surface area contributed by atoms with Crippen molar-refractivity contribution in [2.75, 3.05) is 0 Å². The molecule has 0 radical (unpaired) electrons. The first-order valence-electron chi connectivity index (χ1n) is 24.6. The fraction of sp³-hybridized carbons (Fsp3) is 0.960. The van der Waals surface area contributed by atoms with E-state index in [2.05, 4.69) is 29.9 Å². The molecule has 0 spiro atoms. The molecule has 8 fully saturated rings. The predicted octanol–water partition coefficient (Wildman–Crippen LogP) is 14.9. The van der Waals surface area contributed by atoms with Crippen LogP contribution in [0.1, 0.15) is 226 Å². The van der Waals surface area contributed by atoms with Gasteiger partial charge in [0.15, 0.2) is 0 Å². The molecule has 0 heterocycles. The lowest BCUT2D eigenvalue weighted by atomic mass is 9.63. The molecule has 8 aliphatic carbocycles. The topological polar surface area (TPSA) is 3.24 Å². The van der Waals surface area contributed by atoms with E-state index in [1.165, 1.54) is 135 Å². The fourth-order valence-corrected chi connectivity index (χ4v) is 15.4. The van der Waals surface area contributed by atoms with Crippen LogP contribution < -0.4 is 0 Å². The zero-order chi connectivity index (χ0) is 34.6. The Morgan fingerprint density at radius 2 is 0.706 bits per heavy atom. The van der Waals surface area contributed by atoms with E-state index in [-0.39, 0.29) is 0 Å². The lowest BCUT2D eigenvalue weighted by Gasteiger charge is -2.54. The van der Waals surface area contributed by atoms with Crippen molar-refractivity contribution in [2.24, 2.45) is 59.2 Å². The molecule has 3 atom stereocenters. The van der Waals surface area contributed by atoms with E-state index in [0.717, 1.165) is 77.3 Å². The summed E-state index contributed by atoms with van der Waals surface area (Å²) in [6, 6.07) is 2.73. The number of nitrogens with zero attached hydrogens (tertiary/aromatic N) is 1. The highest BCUT2D eigenvalue weighted by atomic mass is 15.2.